The van der Waals surface area contributed by atoms with Gasteiger partial charge >= 0.3 is 0 Å². The van der Waals surface area contributed by atoms with E-state index in [1.165, 1.54) is 38.3 Å². The number of hydrogen-bond donors (Lipinski definition) is 1. The maximum absolute atomic E-state index is 9.28. The summed E-state index contributed by atoms with van der Waals surface area (Å²) < 4.78 is 0. The number of phenols is 1. The highest BCUT2D eigenvalue weighted by atomic mass is 16.3. The Hall–Kier alpha value is -1.06. The van der Waals surface area contributed by atoms with Crippen LogP contribution >= 0.6 is 0 Å². The first-order chi connectivity index (χ1) is 8.69. The minimum absolute atomic E-state index is 0.350. The lowest BCUT2D eigenvalue weighted by Crippen LogP contribution is -2.49. The first-order valence-electron chi connectivity index (χ1n) is 6.93. The van der Waals surface area contributed by atoms with Crippen LogP contribution in [-0.2, 0) is 6.42 Å². The van der Waals surface area contributed by atoms with Gasteiger partial charge in [0.15, 0.2) is 0 Å². The van der Waals surface area contributed by atoms with Gasteiger partial charge in [-0.3, -0.25) is 4.90 Å². The summed E-state index contributed by atoms with van der Waals surface area (Å²) in [4.78, 5) is 5.07. The van der Waals surface area contributed by atoms with Crippen molar-refractivity contribution in [3.63, 3.8) is 0 Å². The molecule has 1 aliphatic rings. The number of benzene rings is 1. The molecule has 0 bridgehead atoms. The summed E-state index contributed by atoms with van der Waals surface area (Å²) in [5.74, 6) is 0.350. The number of likely N-dealkylation sites (N-methyl/N-ethyl adjacent to an activating group) is 1. The first-order valence-corrected chi connectivity index (χ1v) is 6.93. The Kier molecular flexibility index (Phi) is 4.61. The van der Waals surface area contributed by atoms with Gasteiger partial charge in [0, 0.05) is 32.2 Å². The van der Waals surface area contributed by atoms with Crippen LogP contribution in [0.1, 0.15) is 19.4 Å². The van der Waals surface area contributed by atoms with Gasteiger partial charge in [0.25, 0.3) is 0 Å². The van der Waals surface area contributed by atoms with E-state index < -0.39 is 0 Å². The maximum atomic E-state index is 9.28. The topological polar surface area (TPSA) is 26.7 Å². The van der Waals surface area contributed by atoms with Crippen LogP contribution in [0.5, 0.6) is 5.75 Å². The smallest absolute Gasteiger partial charge is 0.115 e. The number of rotatable bonds is 4. The van der Waals surface area contributed by atoms with E-state index in [-0.39, 0.29) is 0 Å². The van der Waals surface area contributed by atoms with Crippen LogP contribution < -0.4 is 0 Å². The number of piperazine rings is 1. The second-order valence-corrected chi connectivity index (χ2v) is 5.19. The molecular weight excluding hydrogens is 224 g/mol. The summed E-state index contributed by atoms with van der Waals surface area (Å²) >= 11 is 0. The third-order valence-electron chi connectivity index (χ3n) is 3.94. The largest absolute Gasteiger partial charge is 0.508 e. The summed E-state index contributed by atoms with van der Waals surface area (Å²) in [5.41, 5.74) is 1.30. The van der Waals surface area contributed by atoms with E-state index in [0.717, 1.165) is 6.42 Å². The van der Waals surface area contributed by atoms with Crippen molar-refractivity contribution in [2.45, 2.75) is 26.3 Å². The summed E-state index contributed by atoms with van der Waals surface area (Å²) in [6.07, 6.45) is 1.06. The minimum Gasteiger partial charge on any atom is -0.508 e. The van der Waals surface area contributed by atoms with Gasteiger partial charge in [-0.05, 0) is 37.6 Å². The summed E-state index contributed by atoms with van der Waals surface area (Å²) in [5, 5.41) is 9.28. The zero-order valence-electron chi connectivity index (χ0n) is 11.5. The molecule has 1 fully saturated rings. The molecule has 0 amide bonds. The fraction of sp³-hybridized carbons (Fsp3) is 0.600. The van der Waals surface area contributed by atoms with Crippen molar-refractivity contribution in [2.24, 2.45) is 0 Å². The van der Waals surface area contributed by atoms with Gasteiger partial charge in [-0.2, -0.15) is 0 Å². The molecule has 3 heteroatoms. The van der Waals surface area contributed by atoms with E-state index in [2.05, 4.69) is 23.6 Å². The summed E-state index contributed by atoms with van der Waals surface area (Å²) in [6.45, 7) is 10.4. The molecule has 1 atom stereocenters. The third kappa shape index (κ3) is 3.47. The van der Waals surface area contributed by atoms with Crippen molar-refractivity contribution in [1.82, 2.24) is 9.80 Å². The fourth-order valence-electron chi connectivity index (χ4n) is 2.62. The van der Waals surface area contributed by atoms with Crippen molar-refractivity contribution in [3.8, 4) is 5.75 Å². The highest BCUT2D eigenvalue weighted by molar-refractivity contribution is 5.26. The van der Waals surface area contributed by atoms with E-state index in [1.807, 2.05) is 12.1 Å². The number of nitrogens with zero attached hydrogens (tertiary/aromatic N) is 2. The van der Waals surface area contributed by atoms with Crippen LogP contribution in [0, 0.1) is 0 Å². The molecule has 1 saturated heterocycles. The van der Waals surface area contributed by atoms with Gasteiger partial charge in [-0.15, -0.1) is 0 Å². The van der Waals surface area contributed by atoms with Crippen LogP contribution in [0.4, 0.5) is 0 Å². The van der Waals surface area contributed by atoms with Crippen molar-refractivity contribution in [3.05, 3.63) is 29.8 Å². The number of hydrogen-bond acceptors (Lipinski definition) is 3. The Labute approximate surface area is 110 Å². The second kappa shape index (κ2) is 6.21. The van der Waals surface area contributed by atoms with Crippen LogP contribution in [0.3, 0.4) is 0 Å². The molecular formula is C15H24N2O. The van der Waals surface area contributed by atoms with E-state index in [9.17, 15) is 5.11 Å². The van der Waals surface area contributed by atoms with Gasteiger partial charge in [0.2, 0.25) is 0 Å². The SMILES string of the molecule is CCN1CCN(C(C)Cc2ccc(O)cc2)CC1. The molecule has 1 aromatic carbocycles. The molecule has 3 nitrogen and oxygen atoms in total. The molecule has 0 saturated carbocycles. The van der Waals surface area contributed by atoms with Crippen LogP contribution in [-0.4, -0.2) is 53.7 Å². The van der Waals surface area contributed by atoms with Crippen molar-refractivity contribution >= 4 is 0 Å². The van der Waals surface area contributed by atoms with Gasteiger partial charge < -0.3 is 10.0 Å². The molecule has 0 aromatic heterocycles. The monoisotopic (exact) mass is 248 g/mol. The Bertz CT molecular complexity index is 355. The minimum atomic E-state index is 0.350. The van der Waals surface area contributed by atoms with Crippen molar-refractivity contribution in [2.75, 3.05) is 32.7 Å². The van der Waals surface area contributed by atoms with E-state index >= 15 is 0 Å². The van der Waals surface area contributed by atoms with Gasteiger partial charge in [-0.1, -0.05) is 19.1 Å². The zero-order chi connectivity index (χ0) is 13.0. The molecule has 1 heterocycles. The molecule has 1 unspecified atom stereocenters. The average Bonchev–Trinajstić information content (AvgIpc) is 2.41. The van der Waals surface area contributed by atoms with E-state index in [1.54, 1.807) is 12.1 Å². The van der Waals surface area contributed by atoms with Crippen LogP contribution in [0.15, 0.2) is 24.3 Å². The number of aromatic hydroxyl groups is 1. The predicted octanol–water partition coefficient (Wildman–Crippen LogP) is 1.96. The molecule has 0 aliphatic carbocycles. The van der Waals surface area contributed by atoms with Gasteiger partial charge in [0.05, 0.1) is 0 Å². The fourth-order valence-corrected chi connectivity index (χ4v) is 2.62. The van der Waals surface area contributed by atoms with Gasteiger partial charge in [-0.25, -0.2) is 0 Å². The Morgan fingerprint density at radius 2 is 1.72 bits per heavy atom. The number of phenolic OH excluding ortho intramolecular Hbond substituents is 1. The standard InChI is InChI=1S/C15H24N2O/c1-3-16-8-10-17(11-9-16)13(2)12-14-4-6-15(18)7-5-14/h4-7,13,18H,3,8-12H2,1-2H3. The quantitative estimate of drug-likeness (QED) is 0.882. The van der Waals surface area contributed by atoms with Crippen LogP contribution in [0.25, 0.3) is 0 Å². The molecule has 1 aromatic rings. The van der Waals surface area contributed by atoms with E-state index in [4.69, 9.17) is 0 Å². The highest BCUT2D eigenvalue weighted by Gasteiger charge is 2.20. The Morgan fingerprint density at radius 3 is 2.28 bits per heavy atom. The predicted molar refractivity (Wildman–Crippen MR) is 75.0 cm³/mol. The maximum Gasteiger partial charge on any atom is 0.115 e. The van der Waals surface area contributed by atoms with Crippen molar-refractivity contribution < 1.29 is 5.11 Å². The molecule has 0 spiro atoms. The first kappa shape index (κ1) is 13.4. The lowest BCUT2D eigenvalue weighted by atomic mass is 10.1. The molecule has 100 valence electrons. The second-order valence-electron chi connectivity index (χ2n) is 5.19. The van der Waals surface area contributed by atoms with Crippen LogP contribution in [0.2, 0.25) is 0 Å². The molecule has 1 N–H and O–H groups in total. The summed E-state index contributed by atoms with van der Waals surface area (Å²) in [7, 11) is 0. The zero-order valence-corrected chi connectivity index (χ0v) is 11.5. The normalized spacial score (nSPS) is 19.9. The molecule has 2 rings (SSSR count). The van der Waals surface area contributed by atoms with E-state index in [0.29, 0.717) is 11.8 Å². The highest BCUT2D eigenvalue weighted by Crippen LogP contribution is 2.14. The lowest BCUT2D eigenvalue weighted by molar-refractivity contribution is 0.106. The molecule has 18 heavy (non-hydrogen) atoms. The average molecular weight is 248 g/mol. The van der Waals surface area contributed by atoms with Gasteiger partial charge in [0.1, 0.15) is 5.75 Å². The summed E-state index contributed by atoms with van der Waals surface area (Å²) in [6, 6.07) is 8.17. The molecule has 0 radical (unpaired) electrons. The van der Waals surface area contributed by atoms with Crippen molar-refractivity contribution in [1.29, 1.82) is 0 Å². The Morgan fingerprint density at radius 1 is 1.11 bits per heavy atom. The Balaban J connectivity index is 1.85. The third-order valence-corrected chi connectivity index (χ3v) is 3.94. The molecule has 1 aliphatic heterocycles. The lowest BCUT2D eigenvalue weighted by Gasteiger charge is -2.37.